The summed E-state index contributed by atoms with van der Waals surface area (Å²) in [5, 5.41) is 16.3. The molecule has 0 radical (unpaired) electrons. The second kappa shape index (κ2) is 15.7. The van der Waals surface area contributed by atoms with Gasteiger partial charge < -0.3 is 21.3 Å². The molecule has 5 heterocycles. The van der Waals surface area contributed by atoms with Crippen molar-refractivity contribution >= 4 is 261 Å². The number of nitrogens with one attached hydrogen (secondary N) is 4. The van der Waals surface area contributed by atoms with E-state index in [1.165, 1.54) is 0 Å². The van der Waals surface area contributed by atoms with Crippen molar-refractivity contribution in [3.8, 4) is 0 Å². The van der Waals surface area contributed by atoms with Gasteiger partial charge in [0.25, 0.3) is 0 Å². The van der Waals surface area contributed by atoms with Crippen LogP contribution in [0.2, 0.25) is 20.1 Å². The van der Waals surface area contributed by atoms with E-state index in [-0.39, 0.29) is 0 Å². The predicted octanol–water partition coefficient (Wildman–Crippen LogP) is 16.0. The third-order valence-corrected chi connectivity index (χ3v) is 24.5. The van der Waals surface area contributed by atoms with Crippen LogP contribution in [0.1, 0.15) is 69.2 Å². The first-order chi connectivity index (χ1) is 26.4. The summed E-state index contributed by atoms with van der Waals surface area (Å²) in [6.07, 6.45) is -2.71. The zero-order valence-corrected chi connectivity index (χ0v) is 48.2. The van der Waals surface area contributed by atoms with E-state index < -0.39 is 24.7 Å². The Balaban J connectivity index is 1.33. The Kier molecular flexibility index (Phi) is 12.1. The van der Waals surface area contributed by atoms with Gasteiger partial charge in [0.1, 0.15) is 48.0 Å². The fourth-order valence-corrected chi connectivity index (χ4v) is 15.7. The van der Waals surface area contributed by atoms with Crippen LogP contribution in [-0.2, 0) is 0 Å². The highest BCUT2D eigenvalue weighted by atomic mass is 79.9. The van der Waals surface area contributed by atoms with Crippen LogP contribution in [0.15, 0.2) is 73.6 Å². The van der Waals surface area contributed by atoms with Gasteiger partial charge in [-0.05, 0) is 191 Å². The topological polar surface area (TPSA) is 97.6 Å². The minimum absolute atomic E-state index is 0.459. The van der Waals surface area contributed by atoms with Crippen molar-refractivity contribution < 1.29 is 0 Å². The average Bonchev–Trinajstić information content (AvgIpc) is 3.92. The summed E-state index contributed by atoms with van der Waals surface area (Å²) in [5.41, 5.74) is 6.09. The minimum Gasteiger partial charge on any atom is -0.344 e. The molecule has 0 amide bonds. The molecular formula is C32H8Br12Cl4N8. The molecule has 0 aromatic heterocycles. The summed E-state index contributed by atoms with van der Waals surface area (Å²) in [6.45, 7) is 0. The van der Waals surface area contributed by atoms with E-state index in [1.54, 1.807) is 0 Å². The maximum Gasteiger partial charge on any atom is 0.150 e. The first-order valence-corrected chi connectivity index (χ1v) is 26.3. The van der Waals surface area contributed by atoms with Crippen LogP contribution in [0.25, 0.3) is 0 Å². The third kappa shape index (κ3) is 6.37. The van der Waals surface area contributed by atoms with Crippen molar-refractivity contribution in [2.45, 2.75) is 24.7 Å². The quantitative estimate of drug-likeness (QED) is 0.104. The Labute approximate surface area is 438 Å². The molecule has 0 aliphatic carbocycles. The summed E-state index contributed by atoms with van der Waals surface area (Å²) >= 11 is 72.7. The highest BCUT2D eigenvalue weighted by molar-refractivity contribution is 9.14. The lowest BCUT2D eigenvalue weighted by atomic mass is 10.0. The van der Waals surface area contributed by atoms with Crippen molar-refractivity contribution in [3.05, 3.63) is 118 Å². The smallest absolute Gasteiger partial charge is 0.150 e. The highest BCUT2D eigenvalue weighted by Crippen LogP contribution is 2.53. The Morgan fingerprint density at radius 2 is 0.464 bits per heavy atom. The maximum absolute atomic E-state index is 6.91. The SMILES string of the molecule is Clc1c(Br)c(Br)c2c(c1Br)C1=NC2NC2=NC(NC3=NC(NC4=NC(N1)c1c(Br)c(Br)c(Cl)c(Br)c14)c1c(Br)c(Br)c(Cl)c(Br)c13)c1c(Br)c(Br)c(Cl)c(Br)c12. The first-order valence-electron chi connectivity index (χ1n) is 15.3. The molecular weight excluding hydrogens is 1600 g/mol. The van der Waals surface area contributed by atoms with Gasteiger partial charge >= 0.3 is 0 Å². The minimum atomic E-state index is -0.678. The largest absolute Gasteiger partial charge is 0.344 e. The molecule has 4 N–H and O–H groups in total. The second-order valence-electron chi connectivity index (χ2n) is 12.3. The molecule has 24 heteroatoms. The molecule has 5 aliphatic rings. The number of halogens is 16. The zero-order chi connectivity index (χ0) is 40.1. The van der Waals surface area contributed by atoms with Gasteiger partial charge in [-0.2, -0.15) is 0 Å². The van der Waals surface area contributed by atoms with Crippen LogP contribution in [0, 0.1) is 0 Å². The number of fused-ring (bicyclic) bond motifs is 16. The molecule has 4 atom stereocenters. The molecule has 0 fully saturated rings. The molecule has 0 saturated carbocycles. The van der Waals surface area contributed by atoms with E-state index in [2.05, 4.69) is 212 Å². The van der Waals surface area contributed by atoms with E-state index in [0.29, 0.717) is 97.1 Å². The number of nitrogens with zero attached hydrogens (tertiary/aromatic N) is 4. The van der Waals surface area contributed by atoms with Crippen molar-refractivity contribution in [1.82, 2.24) is 21.3 Å². The van der Waals surface area contributed by atoms with Crippen molar-refractivity contribution in [1.29, 1.82) is 0 Å². The lowest BCUT2D eigenvalue weighted by Gasteiger charge is -2.20. The summed E-state index contributed by atoms with van der Waals surface area (Å²) in [4.78, 5) is 21.0. The fraction of sp³-hybridized carbons (Fsp3) is 0.125. The Bertz CT molecular complexity index is 2360. The van der Waals surface area contributed by atoms with Gasteiger partial charge in [0, 0.05) is 80.3 Å². The van der Waals surface area contributed by atoms with Crippen molar-refractivity contribution in [3.63, 3.8) is 0 Å². The fourth-order valence-electron chi connectivity index (χ4n) is 6.95. The first kappa shape index (κ1) is 43.0. The second-order valence-corrected chi connectivity index (χ2v) is 23.3. The van der Waals surface area contributed by atoms with Crippen LogP contribution >= 0.6 is 238 Å². The molecule has 4 aromatic rings. The van der Waals surface area contributed by atoms with E-state index in [1.807, 2.05) is 0 Å². The monoisotopic (exact) mass is 1590 g/mol. The van der Waals surface area contributed by atoms with Crippen LogP contribution in [0.4, 0.5) is 0 Å². The number of amidine groups is 4. The lowest BCUT2D eigenvalue weighted by molar-refractivity contribution is 0.649. The number of aliphatic imine (C=N–C) groups is 4. The number of rotatable bonds is 0. The van der Waals surface area contributed by atoms with Gasteiger partial charge in [0.05, 0.1) is 38.0 Å². The normalized spacial score (nSPS) is 21.1. The standard InChI is InChI=1S/C32H8Br12Cl4N8/c33-9-1-5(13(37)21(45)17(9)41)29-49-25(1)53-30-6-2(10(34)18(42)22(46)14(6)38)27(50-30)55-32-8-4(12(36)20(44)24(48)16(8)40)28(52-32)56-31-7-3(26(51-31)54-29)11(35)19(43)23(47)15(7)39/h25-28H,(H,49,54)(H,50,53)(H,51,56)(H,52,55). The van der Waals surface area contributed by atoms with E-state index in [9.17, 15) is 0 Å². The zero-order valence-electron chi connectivity index (χ0n) is 26.1. The van der Waals surface area contributed by atoms with E-state index in [0.717, 1.165) is 44.5 Å². The van der Waals surface area contributed by atoms with Gasteiger partial charge in [-0.1, -0.05) is 46.4 Å². The number of hydrogen-bond donors (Lipinski definition) is 4. The van der Waals surface area contributed by atoms with Crippen LogP contribution in [0.5, 0.6) is 0 Å². The molecule has 0 saturated heterocycles. The maximum atomic E-state index is 6.91. The van der Waals surface area contributed by atoms with Crippen LogP contribution in [-0.4, -0.2) is 23.3 Å². The van der Waals surface area contributed by atoms with Gasteiger partial charge in [0.2, 0.25) is 0 Å². The summed E-state index contributed by atoms with van der Waals surface area (Å²) in [5.74, 6) is 2.06. The van der Waals surface area contributed by atoms with Crippen LogP contribution < -0.4 is 21.3 Å². The van der Waals surface area contributed by atoms with Gasteiger partial charge in [-0.3, -0.25) is 0 Å². The molecule has 288 valence electrons. The summed E-state index contributed by atoms with van der Waals surface area (Å²) < 4.78 is 7.94. The van der Waals surface area contributed by atoms with E-state index in [4.69, 9.17) is 66.4 Å². The summed E-state index contributed by atoms with van der Waals surface area (Å²) in [6, 6.07) is 0. The molecule has 8 nitrogen and oxygen atoms in total. The molecule has 4 aromatic carbocycles. The molecule has 8 bridgehead atoms. The number of hydrogen-bond acceptors (Lipinski definition) is 8. The van der Waals surface area contributed by atoms with Crippen molar-refractivity contribution in [2.24, 2.45) is 20.0 Å². The van der Waals surface area contributed by atoms with Gasteiger partial charge in [-0.25, -0.2) is 20.0 Å². The molecule has 4 unspecified atom stereocenters. The molecule has 56 heavy (non-hydrogen) atoms. The predicted molar refractivity (Wildman–Crippen MR) is 268 cm³/mol. The van der Waals surface area contributed by atoms with Gasteiger partial charge in [0.15, 0.2) is 0 Å². The molecule has 9 rings (SSSR count). The highest BCUT2D eigenvalue weighted by Gasteiger charge is 2.43. The Morgan fingerprint density at radius 1 is 0.286 bits per heavy atom. The molecule has 0 spiro atoms. The lowest BCUT2D eigenvalue weighted by Crippen LogP contribution is -2.29. The average molecular weight is 1610 g/mol. The van der Waals surface area contributed by atoms with Crippen molar-refractivity contribution in [2.75, 3.05) is 0 Å². The Hall–Kier alpha value is 1.68. The third-order valence-electron chi connectivity index (χ3n) is 9.38. The number of benzene rings is 4. The summed E-state index contributed by atoms with van der Waals surface area (Å²) in [7, 11) is 0. The molecule has 5 aliphatic heterocycles. The van der Waals surface area contributed by atoms with E-state index >= 15 is 0 Å². The van der Waals surface area contributed by atoms with Gasteiger partial charge in [-0.15, -0.1) is 0 Å². The Morgan fingerprint density at radius 3 is 0.643 bits per heavy atom. The van der Waals surface area contributed by atoms with Crippen LogP contribution in [0.3, 0.4) is 0 Å².